The van der Waals surface area contributed by atoms with E-state index in [-0.39, 0.29) is 0 Å². The van der Waals surface area contributed by atoms with Crippen LogP contribution >= 0.6 is 0 Å². The summed E-state index contributed by atoms with van der Waals surface area (Å²) in [5, 5.41) is 6.70. The van der Waals surface area contributed by atoms with Gasteiger partial charge < -0.3 is 20.3 Å². The number of aromatic nitrogens is 3. The molecule has 2 heterocycles. The van der Waals surface area contributed by atoms with Gasteiger partial charge in [-0.2, -0.15) is 15.0 Å². The highest BCUT2D eigenvalue weighted by molar-refractivity contribution is 5.78. The maximum atomic E-state index is 5.50. The third-order valence-electron chi connectivity index (χ3n) is 5.41. The number of nitrogens with zero attached hydrogens (tertiary/aromatic N) is 4. The predicted octanol–water partition coefficient (Wildman–Crippen LogP) is 5.37. The van der Waals surface area contributed by atoms with Gasteiger partial charge in [-0.15, -0.1) is 0 Å². The lowest BCUT2D eigenvalue weighted by molar-refractivity contribution is 0.122. The molecule has 170 valence electrons. The first-order chi connectivity index (χ1) is 16.8. The summed E-state index contributed by atoms with van der Waals surface area (Å²) in [5.74, 6) is 1.59. The number of hydrogen-bond acceptors (Lipinski definition) is 7. The fourth-order valence-electron chi connectivity index (χ4n) is 3.66. The number of ether oxygens (including phenoxy) is 1. The molecular formula is C27H26N6O. The molecule has 0 atom stereocenters. The molecule has 0 radical (unpaired) electrons. The number of rotatable bonds is 7. The standard InChI is InChI=1S/C27H26N6O/c1-3-9-21(10-4-1)15-16-22-11-7-8-14-24(22)29-26-30-25(28-23-12-5-2-6-13-23)31-27(32-26)33-17-19-34-20-18-33/h1-16H,17-20H2,(H2,28,29,30,31,32). The van der Waals surface area contributed by atoms with Gasteiger partial charge >= 0.3 is 0 Å². The van der Waals surface area contributed by atoms with E-state index in [1.807, 2.05) is 66.7 Å². The van der Waals surface area contributed by atoms with Crippen molar-refractivity contribution in [3.63, 3.8) is 0 Å². The summed E-state index contributed by atoms with van der Waals surface area (Å²) in [6.45, 7) is 2.79. The zero-order valence-electron chi connectivity index (χ0n) is 18.8. The van der Waals surface area contributed by atoms with Crippen LogP contribution in [0.15, 0.2) is 84.9 Å². The van der Waals surface area contributed by atoms with Gasteiger partial charge in [0, 0.05) is 24.5 Å². The van der Waals surface area contributed by atoms with E-state index in [2.05, 4.69) is 55.9 Å². The second-order valence-electron chi connectivity index (χ2n) is 7.83. The largest absolute Gasteiger partial charge is 0.378 e. The second kappa shape index (κ2) is 10.6. The summed E-state index contributed by atoms with van der Waals surface area (Å²) in [5.41, 5.74) is 4.01. The van der Waals surface area contributed by atoms with Crippen LogP contribution in [0.1, 0.15) is 11.1 Å². The van der Waals surface area contributed by atoms with Gasteiger partial charge in [0.25, 0.3) is 0 Å². The topological polar surface area (TPSA) is 75.2 Å². The molecule has 34 heavy (non-hydrogen) atoms. The number of benzene rings is 3. The molecule has 0 amide bonds. The van der Waals surface area contributed by atoms with Crippen molar-refractivity contribution in [1.82, 2.24) is 15.0 Å². The summed E-state index contributed by atoms with van der Waals surface area (Å²) >= 11 is 0. The summed E-state index contributed by atoms with van der Waals surface area (Å²) < 4.78 is 5.50. The van der Waals surface area contributed by atoms with Crippen LogP contribution < -0.4 is 15.5 Å². The average molecular weight is 451 g/mol. The quantitative estimate of drug-likeness (QED) is 0.367. The van der Waals surface area contributed by atoms with Crippen molar-refractivity contribution >= 4 is 41.4 Å². The summed E-state index contributed by atoms with van der Waals surface area (Å²) in [6, 6.07) is 28.2. The van der Waals surface area contributed by atoms with Crippen molar-refractivity contribution in [3.8, 4) is 0 Å². The third kappa shape index (κ3) is 5.57. The van der Waals surface area contributed by atoms with Gasteiger partial charge in [-0.3, -0.25) is 0 Å². The van der Waals surface area contributed by atoms with E-state index in [0.29, 0.717) is 31.1 Å². The van der Waals surface area contributed by atoms with Gasteiger partial charge in [-0.25, -0.2) is 0 Å². The van der Waals surface area contributed by atoms with Gasteiger partial charge in [-0.1, -0.05) is 78.9 Å². The molecule has 7 heteroatoms. The molecular weight excluding hydrogens is 424 g/mol. The molecule has 0 aliphatic carbocycles. The minimum absolute atomic E-state index is 0.482. The number of anilines is 5. The Hall–Kier alpha value is -4.23. The van der Waals surface area contributed by atoms with Crippen molar-refractivity contribution in [1.29, 1.82) is 0 Å². The zero-order valence-corrected chi connectivity index (χ0v) is 18.8. The number of morpholine rings is 1. The Morgan fingerprint density at radius 2 is 1.32 bits per heavy atom. The van der Waals surface area contributed by atoms with E-state index in [9.17, 15) is 0 Å². The SMILES string of the molecule is C(=Cc1ccccc1Nc1nc(Nc2ccccc2)nc(N2CCOCC2)n1)c1ccccc1. The van der Waals surface area contributed by atoms with E-state index in [1.54, 1.807) is 0 Å². The Kier molecular flexibility index (Phi) is 6.73. The van der Waals surface area contributed by atoms with E-state index < -0.39 is 0 Å². The first-order valence-corrected chi connectivity index (χ1v) is 11.3. The van der Waals surface area contributed by atoms with E-state index >= 15 is 0 Å². The molecule has 7 nitrogen and oxygen atoms in total. The molecule has 1 saturated heterocycles. The highest BCUT2D eigenvalue weighted by atomic mass is 16.5. The number of nitrogens with one attached hydrogen (secondary N) is 2. The Morgan fingerprint density at radius 3 is 2.09 bits per heavy atom. The first kappa shape index (κ1) is 21.6. The van der Waals surface area contributed by atoms with Gasteiger partial charge in [0.2, 0.25) is 17.8 Å². The Bertz CT molecular complexity index is 1240. The van der Waals surface area contributed by atoms with Crippen LogP contribution in [0.3, 0.4) is 0 Å². The summed E-state index contributed by atoms with van der Waals surface area (Å²) in [4.78, 5) is 16.2. The molecule has 2 N–H and O–H groups in total. The van der Waals surface area contributed by atoms with Gasteiger partial charge in [0.15, 0.2) is 0 Å². The predicted molar refractivity (Wildman–Crippen MR) is 138 cm³/mol. The van der Waals surface area contributed by atoms with Crippen LogP contribution in [0.25, 0.3) is 12.2 Å². The van der Waals surface area contributed by atoms with Gasteiger partial charge in [0.05, 0.1) is 13.2 Å². The van der Waals surface area contributed by atoms with E-state index in [0.717, 1.165) is 35.6 Å². The van der Waals surface area contributed by atoms with Crippen LogP contribution in [-0.2, 0) is 4.74 Å². The number of hydrogen-bond donors (Lipinski definition) is 2. The fraction of sp³-hybridized carbons (Fsp3) is 0.148. The molecule has 0 saturated carbocycles. The van der Waals surface area contributed by atoms with Crippen LogP contribution in [0.4, 0.5) is 29.2 Å². The van der Waals surface area contributed by atoms with Crippen LogP contribution in [0.5, 0.6) is 0 Å². The Balaban J connectivity index is 1.45. The molecule has 0 unspecified atom stereocenters. The normalized spacial score (nSPS) is 13.7. The van der Waals surface area contributed by atoms with Crippen molar-refractivity contribution in [3.05, 3.63) is 96.1 Å². The Labute approximate surface area is 199 Å². The molecule has 1 aliphatic heterocycles. The molecule has 4 aromatic rings. The van der Waals surface area contributed by atoms with Crippen molar-refractivity contribution in [2.24, 2.45) is 0 Å². The zero-order chi connectivity index (χ0) is 23.0. The van der Waals surface area contributed by atoms with E-state index in [4.69, 9.17) is 9.72 Å². The van der Waals surface area contributed by atoms with Crippen LogP contribution in [0, 0.1) is 0 Å². The Morgan fingerprint density at radius 1 is 0.676 bits per heavy atom. The highest BCUT2D eigenvalue weighted by Gasteiger charge is 2.17. The molecule has 3 aromatic carbocycles. The third-order valence-corrected chi connectivity index (χ3v) is 5.41. The minimum atomic E-state index is 0.482. The summed E-state index contributed by atoms with van der Waals surface area (Å²) in [6.07, 6.45) is 4.18. The average Bonchev–Trinajstić information content (AvgIpc) is 2.90. The molecule has 5 rings (SSSR count). The monoisotopic (exact) mass is 450 g/mol. The maximum absolute atomic E-state index is 5.50. The molecule has 0 spiro atoms. The smallest absolute Gasteiger partial charge is 0.233 e. The van der Waals surface area contributed by atoms with Crippen molar-refractivity contribution in [2.45, 2.75) is 0 Å². The maximum Gasteiger partial charge on any atom is 0.233 e. The molecule has 1 fully saturated rings. The fourth-order valence-corrected chi connectivity index (χ4v) is 3.66. The van der Waals surface area contributed by atoms with Crippen LogP contribution in [-0.4, -0.2) is 41.3 Å². The van der Waals surface area contributed by atoms with Gasteiger partial charge in [0.1, 0.15) is 0 Å². The van der Waals surface area contributed by atoms with E-state index in [1.165, 1.54) is 0 Å². The highest BCUT2D eigenvalue weighted by Crippen LogP contribution is 2.24. The minimum Gasteiger partial charge on any atom is -0.378 e. The molecule has 1 aliphatic rings. The molecule has 0 bridgehead atoms. The lowest BCUT2D eigenvalue weighted by Gasteiger charge is -2.27. The first-order valence-electron chi connectivity index (χ1n) is 11.3. The lowest BCUT2D eigenvalue weighted by atomic mass is 10.1. The summed E-state index contributed by atoms with van der Waals surface area (Å²) in [7, 11) is 0. The number of para-hydroxylation sites is 2. The molecule has 1 aromatic heterocycles. The van der Waals surface area contributed by atoms with Gasteiger partial charge in [-0.05, 0) is 29.3 Å². The second-order valence-corrected chi connectivity index (χ2v) is 7.83. The van der Waals surface area contributed by atoms with Crippen molar-refractivity contribution in [2.75, 3.05) is 41.8 Å². The van der Waals surface area contributed by atoms with Crippen molar-refractivity contribution < 1.29 is 4.74 Å². The lowest BCUT2D eigenvalue weighted by Crippen LogP contribution is -2.37. The van der Waals surface area contributed by atoms with Crippen LogP contribution in [0.2, 0.25) is 0 Å².